The Labute approximate surface area is 161 Å². The van der Waals surface area contributed by atoms with Gasteiger partial charge in [0.2, 0.25) is 5.91 Å². The molecule has 1 aliphatic rings. The highest BCUT2D eigenvalue weighted by Crippen LogP contribution is 2.26. The molecule has 0 aliphatic carbocycles. The molecule has 0 aromatic heterocycles. The molecule has 28 heavy (non-hydrogen) atoms. The molecular weight excluding hydrogens is 362 g/mol. The Morgan fingerprint density at radius 3 is 2.32 bits per heavy atom. The van der Waals surface area contributed by atoms with Crippen molar-refractivity contribution in [3.05, 3.63) is 65.7 Å². The SMILES string of the molecule is COC(=O)c1ccc(N2C[C@@H](C(=O)OCC(=O)c3ccccc3)CC2=O)cc1. The molecule has 7 heteroatoms. The average Bonchev–Trinajstić information content (AvgIpc) is 3.13. The first-order valence-corrected chi connectivity index (χ1v) is 8.73. The van der Waals surface area contributed by atoms with Gasteiger partial charge in [-0.2, -0.15) is 0 Å². The van der Waals surface area contributed by atoms with Gasteiger partial charge >= 0.3 is 11.9 Å². The largest absolute Gasteiger partial charge is 0.465 e. The third kappa shape index (κ3) is 4.25. The molecule has 0 spiro atoms. The van der Waals surface area contributed by atoms with Crippen LogP contribution in [-0.4, -0.2) is 43.9 Å². The molecule has 3 rings (SSSR count). The Bertz CT molecular complexity index is 891. The summed E-state index contributed by atoms with van der Waals surface area (Å²) in [6.45, 7) is -0.198. The van der Waals surface area contributed by atoms with Crippen molar-refractivity contribution in [1.82, 2.24) is 0 Å². The molecule has 7 nitrogen and oxygen atoms in total. The predicted octanol–water partition coefficient (Wildman–Crippen LogP) is 2.25. The topological polar surface area (TPSA) is 90.0 Å². The molecule has 0 N–H and O–H groups in total. The van der Waals surface area contributed by atoms with Gasteiger partial charge in [0, 0.05) is 24.2 Å². The lowest BCUT2D eigenvalue weighted by Gasteiger charge is -2.16. The van der Waals surface area contributed by atoms with E-state index in [1.54, 1.807) is 54.6 Å². The maximum absolute atomic E-state index is 12.3. The second-order valence-corrected chi connectivity index (χ2v) is 6.34. The number of anilines is 1. The number of ether oxygens (including phenoxy) is 2. The van der Waals surface area contributed by atoms with Gasteiger partial charge in [-0.3, -0.25) is 14.4 Å². The molecule has 2 aromatic rings. The van der Waals surface area contributed by atoms with Crippen molar-refractivity contribution >= 4 is 29.3 Å². The van der Waals surface area contributed by atoms with Crippen LogP contribution in [0.5, 0.6) is 0 Å². The number of methoxy groups -OCH3 is 1. The van der Waals surface area contributed by atoms with Gasteiger partial charge in [-0.15, -0.1) is 0 Å². The number of esters is 2. The molecule has 0 bridgehead atoms. The second kappa shape index (κ2) is 8.47. The zero-order valence-corrected chi connectivity index (χ0v) is 15.3. The van der Waals surface area contributed by atoms with E-state index >= 15 is 0 Å². The van der Waals surface area contributed by atoms with Crippen LogP contribution < -0.4 is 4.90 Å². The number of carbonyl (C=O) groups excluding carboxylic acids is 4. The molecule has 1 fully saturated rings. The Morgan fingerprint density at radius 2 is 1.68 bits per heavy atom. The fourth-order valence-electron chi connectivity index (χ4n) is 2.97. The van der Waals surface area contributed by atoms with Crippen LogP contribution in [0.3, 0.4) is 0 Å². The highest BCUT2D eigenvalue weighted by molar-refractivity contribution is 6.01. The lowest BCUT2D eigenvalue weighted by atomic mass is 10.1. The van der Waals surface area contributed by atoms with Crippen LogP contribution in [0.15, 0.2) is 54.6 Å². The first kappa shape index (κ1) is 19.3. The monoisotopic (exact) mass is 381 g/mol. The number of rotatable bonds is 6. The zero-order chi connectivity index (χ0) is 20.1. The molecule has 1 saturated heterocycles. The third-order valence-electron chi connectivity index (χ3n) is 4.50. The summed E-state index contributed by atoms with van der Waals surface area (Å²) in [5.74, 6) is -2.21. The molecule has 1 aliphatic heterocycles. The van der Waals surface area contributed by atoms with Crippen molar-refractivity contribution in [2.24, 2.45) is 5.92 Å². The maximum atomic E-state index is 12.3. The van der Waals surface area contributed by atoms with Crippen LogP contribution in [0.25, 0.3) is 0 Å². The minimum Gasteiger partial charge on any atom is -0.465 e. The maximum Gasteiger partial charge on any atom is 0.337 e. The summed E-state index contributed by atoms with van der Waals surface area (Å²) in [7, 11) is 1.29. The van der Waals surface area contributed by atoms with Crippen molar-refractivity contribution in [3.8, 4) is 0 Å². The average molecular weight is 381 g/mol. The minimum atomic E-state index is -0.642. The van der Waals surface area contributed by atoms with Crippen LogP contribution in [0.4, 0.5) is 5.69 Å². The summed E-state index contributed by atoms with van der Waals surface area (Å²) in [5.41, 5.74) is 1.41. The van der Waals surface area contributed by atoms with E-state index in [0.717, 1.165) is 0 Å². The molecular formula is C21H19NO6. The molecule has 0 radical (unpaired) electrons. The zero-order valence-electron chi connectivity index (χ0n) is 15.3. The van der Waals surface area contributed by atoms with Gasteiger partial charge in [-0.1, -0.05) is 30.3 Å². The van der Waals surface area contributed by atoms with Crippen LogP contribution in [0.1, 0.15) is 27.1 Å². The molecule has 144 valence electrons. The van der Waals surface area contributed by atoms with Crippen LogP contribution >= 0.6 is 0 Å². The molecule has 0 unspecified atom stereocenters. The van der Waals surface area contributed by atoms with Crippen molar-refractivity contribution < 1.29 is 28.7 Å². The molecule has 1 amide bonds. The number of Topliss-reactive ketones (excluding diaryl/α,β-unsaturated/α-hetero) is 1. The summed E-state index contributed by atoms with van der Waals surface area (Å²) < 4.78 is 9.75. The number of benzene rings is 2. The van der Waals surface area contributed by atoms with Crippen molar-refractivity contribution in [2.45, 2.75) is 6.42 Å². The molecule has 1 heterocycles. The summed E-state index contributed by atoms with van der Waals surface area (Å²) >= 11 is 0. The van der Waals surface area contributed by atoms with E-state index in [0.29, 0.717) is 16.8 Å². The summed E-state index contributed by atoms with van der Waals surface area (Å²) in [6.07, 6.45) is 0.0110. The van der Waals surface area contributed by atoms with Crippen LogP contribution in [0.2, 0.25) is 0 Å². The lowest BCUT2D eigenvalue weighted by Crippen LogP contribution is -2.27. The fourth-order valence-corrected chi connectivity index (χ4v) is 2.97. The number of hydrogen-bond donors (Lipinski definition) is 0. The predicted molar refractivity (Wildman–Crippen MR) is 100.0 cm³/mol. The van der Waals surface area contributed by atoms with E-state index in [4.69, 9.17) is 4.74 Å². The number of ketones is 1. The number of nitrogens with zero attached hydrogens (tertiary/aromatic N) is 1. The summed E-state index contributed by atoms with van der Waals surface area (Å²) in [5, 5.41) is 0. The van der Waals surface area contributed by atoms with Gasteiger partial charge in [-0.25, -0.2) is 4.79 Å². The van der Waals surface area contributed by atoms with Crippen LogP contribution in [0, 0.1) is 5.92 Å². The standard InChI is InChI=1S/C21H19NO6/c1-27-20(25)15-7-9-17(10-8-15)22-12-16(11-19(22)24)21(26)28-13-18(23)14-5-3-2-4-6-14/h2-10,16H,11-13H2,1H3/t16-/m0/s1. The second-order valence-electron chi connectivity index (χ2n) is 6.34. The number of amides is 1. The van der Waals surface area contributed by atoms with E-state index in [9.17, 15) is 19.2 Å². The van der Waals surface area contributed by atoms with Crippen LogP contribution in [-0.2, 0) is 19.1 Å². The Kier molecular flexibility index (Phi) is 5.84. The van der Waals surface area contributed by atoms with Crippen molar-refractivity contribution in [1.29, 1.82) is 0 Å². The quantitative estimate of drug-likeness (QED) is 0.563. The molecule has 2 aromatic carbocycles. The number of carbonyl (C=O) groups is 4. The Morgan fingerprint density at radius 1 is 1.00 bits per heavy atom. The Hall–Kier alpha value is -3.48. The van der Waals surface area contributed by atoms with Gasteiger partial charge in [0.25, 0.3) is 0 Å². The van der Waals surface area contributed by atoms with E-state index in [1.165, 1.54) is 12.0 Å². The normalized spacial score (nSPS) is 16.0. The molecule has 0 saturated carbocycles. The third-order valence-corrected chi connectivity index (χ3v) is 4.50. The van der Waals surface area contributed by atoms with Crippen molar-refractivity contribution in [3.63, 3.8) is 0 Å². The van der Waals surface area contributed by atoms with E-state index in [2.05, 4.69) is 4.74 Å². The van der Waals surface area contributed by atoms with Crippen molar-refractivity contribution in [2.75, 3.05) is 25.2 Å². The smallest absolute Gasteiger partial charge is 0.337 e. The van der Waals surface area contributed by atoms with Gasteiger partial charge in [0.1, 0.15) is 0 Å². The Balaban J connectivity index is 1.58. The van der Waals surface area contributed by atoms with E-state index < -0.39 is 17.9 Å². The fraction of sp³-hybridized carbons (Fsp3) is 0.238. The first-order valence-electron chi connectivity index (χ1n) is 8.73. The van der Waals surface area contributed by atoms with Gasteiger partial charge in [0.15, 0.2) is 12.4 Å². The van der Waals surface area contributed by atoms with E-state index in [1.807, 2.05) is 0 Å². The van der Waals surface area contributed by atoms with Gasteiger partial charge in [0.05, 0.1) is 18.6 Å². The summed E-state index contributed by atoms with van der Waals surface area (Å²) in [4.78, 5) is 49.5. The highest BCUT2D eigenvalue weighted by atomic mass is 16.5. The number of hydrogen-bond acceptors (Lipinski definition) is 6. The first-order chi connectivity index (χ1) is 13.5. The lowest BCUT2D eigenvalue weighted by molar-refractivity contribution is -0.147. The molecule has 1 atom stereocenters. The van der Waals surface area contributed by atoms with E-state index in [-0.39, 0.29) is 31.3 Å². The van der Waals surface area contributed by atoms with Gasteiger partial charge < -0.3 is 14.4 Å². The minimum absolute atomic E-state index is 0.0110. The van der Waals surface area contributed by atoms with Gasteiger partial charge in [-0.05, 0) is 24.3 Å². The summed E-state index contributed by atoms with van der Waals surface area (Å²) in [6, 6.07) is 14.9. The highest BCUT2D eigenvalue weighted by Gasteiger charge is 2.36.